The molecule has 0 amide bonds. The zero-order valence-corrected chi connectivity index (χ0v) is 13.5. The molecule has 1 fully saturated rings. The molecule has 2 aromatic rings. The Morgan fingerprint density at radius 3 is 2.22 bits per heavy atom. The fourth-order valence-electron chi connectivity index (χ4n) is 2.94. The lowest BCUT2D eigenvalue weighted by atomic mass is 10.1. The van der Waals surface area contributed by atoms with Crippen LogP contribution < -0.4 is 4.90 Å². The Hall–Kier alpha value is -2.33. The fraction of sp³-hybridized carbons (Fsp3) is 0.316. The standard InChI is InChI=1S/C19H23N3O/c1-16-7-9-17(10-8-16)19(20-23)15-21-11-13-22(14-12-21)18-5-3-2-4-6-18/h2-10,23H,11-15H2,1H3/b20-19-. The minimum atomic E-state index is 0.683. The van der Waals surface area contributed by atoms with Gasteiger partial charge in [-0.2, -0.15) is 0 Å². The molecule has 0 bridgehead atoms. The number of anilines is 1. The Labute approximate surface area is 137 Å². The van der Waals surface area contributed by atoms with Crippen molar-refractivity contribution < 1.29 is 5.21 Å². The van der Waals surface area contributed by atoms with Gasteiger partial charge in [0.05, 0.1) is 0 Å². The van der Waals surface area contributed by atoms with Gasteiger partial charge < -0.3 is 10.1 Å². The molecule has 1 aliphatic heterocycles. The average molecular weight is 309 g/mol. The fourth-order valence-corrected chi connectivity index (χ4v) is 2.94. The molecule has 1 saturated heterocycles. The van der Waals surface area contributed by atoms with Crippen LogP contribution in [0.15, 0.2) is 59.8 Å². The number of piperazine rings is 1. The third-order valence-electron chi connectivity index (χ3n) is 4.37. The van der Waals surface area contributed by atoms with Gasteiger partial charge in [-0.1, -0.05) is 53.2 Å². The van der Waals surface area contributed by atoms with Gasteiger partial charge in [-0.15, -0.1) is 0 Å². The molecule has 0 radical (unpaired) electrons. The molecule has 0 aliphatic carbocycles. The minimum Gasteiger partial charge on any atom is -0.411 e. The van der Waals surface area contributed by atoms with Crippen LogP contribution in [0.25, 0.3) is 0 Å². The third kappa shape index (κ3) is 3.90. The van der Waals surface area contributed by atoms with Crippen molar-refractivity contribution in [1.82, 2.24) is 4.90 Å². The van der Waals surface area contributed by atoms with Gasteiger partial charge in [0.15, 0.2) is 0 Å². The van der Waals surface area contributed by atoms with Crippen LogP contribution in [0, 0.1) is 6.92 Å². The molecular weight excluding hydrogens is 286 g/mol. The second-order valence-electron chi connectivity index (χ2n) is 6.01. The Morgan fingerprint density at radius 2 is 1.61 bits per heavy atom. The Kier molecular flexibility index (Phi) is 4.93. The highest BCUT2D eigenvalue weighted by molar-refractivity contribution is 6.01. The predicted molar refractivity (Wildman–Crippen MR) is 94.6 cm³/mol. The summed E-state index contributed by atoms with van der Waals surface area (Å²) in [5.74, 6) is 0. The van der Waals surface area contributed by atoms with E-state index in [4.69, 9.17) is 0 Å². The SMILES string of the molecule is Cc1ccc(/C(CN2CCN(c3ccccc3)CC2)=N\O)cc1. The van der Waals surface area contributed by atoms with Gasteiger partial charge in [0.25, 0.3) is 0 Å². The van der Waals surface area contributed by atoms with Gasteiger partial charge in [-0.05, 0) is 19.1 Å². The van der Waals surface area contributed by atoms with Crippen LogP contribution >= 0.6 is 0 Å². The lowest BCUT2D eigenvalue weighted by Gasteiger charge is -2.36. The largest absolute Gasteiger partial charge is 0.411 e. The van der Waals surface area contributed by atoms with E-state index in [1.54, 1.807) is 0 Å². The molecule has 1 aliphatic rings. The molecule has 3 rings (SSSR count). The topological polar surface area (TPSA) is 39.1 Å². The summed E-state index contributed by atoms with van der Waals surface area (Å²) in [6.45, 7) is 6.68. The first-order valence-corrected chi connectivity index (χ1v) is 8.06. The van der Waals surface area contributed by atoms with Crippen LogP contribution in [0.3, 0.4) is 0 Å². The van der Waals surface area contributed by atoms with E-state index in [2.05, 4.69) is 46.1 Å². The van der Waals surface area contributed by atoms with Crippen LogP contribution in [0.4, 0.5) is 5.69 Å². The summed E-state index contributed by atoms with van der Waals surface area (Å²) in [5.41, 5.74) is 4.21. The maximum atomic E-state index is 9.36. The number of benzene rings is 2. The molecule has 4 heteroatoms. The van der Waals surface area contributed by atoms with Gasteiger partial charge in [-0.3, -0.25) is 4.90 Å². The number of para-hydroxylation sites is 1. The van der Waals surface area contributed by atoms with Gasteiger partial charge >= 0.3 is 0 Å². The monoisotopic (exact) mass is 309 g/mol. The molecule has 1 N–H and O–H groups in total. The second kappa shape index (κ2) is 7.29. The molecule has 120 valence electrons. The van der Waals surface area contributed by atoms with Crippen LogP contribution in [0.2, 0.25) is 0 Å². The summed E-state index contributed by atoms with van der Waals surface area (Å²) in [6.07, 6.45) is 0. The first-order chi connectivity index (χ1) is 11.3. The van der Waals surface area contributed by atoms with E-state index in [1.807, 2.05) is 30.3 Å². The van der Waals surface area contributed by atoms with Gasteiger partial charge in [0.2, 0.25) is 0 Å². The molecule has 4 nitrogen and oxygen atoms in total. The van der Waals surface area contributed by atoms with Crippen molar-refractivity contribution in [1.29, 1.82) is 0 Å². The molecule has 0 saturated carbocycles. The first-order valence-electron chi connectivity index (χ1n) is 8.06. The summed E-state index contributed by atoms with van der Waals surface area (Å²) in [6, 6.07) is 18.7. The van der Waals surface area contributed by atoms with Crippen molar-refractivity contribution in [3.8, 4) is 0 Å². The van der Waals surface area contributed by atoms with E-state index >= 15 is 0 Å². The molecule has 0 atom stereocenters. The summed E-state index contributed by atoms with van der Waals surface area (Å²) in [7, 11) is 0. The van der Waals surface area contributed by atoms with Crippen LogP contribution in [0.1, 0.15) is 11.1 Å². The normalized spacial score (nSPS) is 16.6. The second-order valence-corrected chi connectivity index (χ2v) is 6.01. The Morgan fingerprint density at radius 1 is 0.957 bits per heavy atom. The molecular formula is C19H23N3O. The number of nitrogens with zero attached hydrogens (tertiary/aromatic N) is 3. The van der Waals surface area contributed by atoms with Gasteiger partial charge in [-0.25, -0.2) is 0 Å². The number of aryl methyl sites for hydroxylation is 1. The highest BCUT2D eigenvalue weighted by Gasteiger charge is 2.19. The van der Waals surface area contributed by atoms with E-state index in [0.717, 1.165) is 37.5 Å². The number of rotatable bonds is 4. The number of hydrogen-bond acceptors (Lipinski definition) is 4. The quantitative estimate of drug-likeness (QED) is 0.536. The average Bonchev–Trinajstić information content (AvgIpc) is 2.62. The third-order valence-corrected chi connectivity index (χ3v) is 4.37. The summed E-state index contributed by atoms with van der Waals surface area (Å²) < 4.78 is 0. The van der Waals surface area contributed by atoms with E-state index < -0.39 is 0 Å². The smallest absolute Gasteiger partial charge is 0.101 e. The van der Waals surface area contributed by atoms with Crippen LogP contribution in [-0.4, -0.2) is 48.5 Å². The van der Waals surface area contributed by atoms with Crippen molar-refractivity contribution in [2.75, 3.05) is 37.6 Å². The van der Waals surface area contributed by atoms with Crippen molar-refractivity contribution in [3.63, 3.8) is 0 Å². The van der Waals surface area contributed by atoms with Crippen molar-refractivity contribution in [3.05, 3.63) is 65.7 Å². The van der Waals surface area contributed by atoms with Crippen LogP contribution in [0.5, 0.6) is 0 Å². The lowest BCUT2D eigenvalue weighted by molar-refractivity contribution is 0.280. The summed E-state index contributed by atoms with van der Waals surface area (Å²) >= 11 is 0. The van der Waals surface area contributed by atoms with Gasteiger partial charge in [0.1, 0.15) is 5.71 Å². The zero-order valence-electron chi connectivity index (χ0n) is 13.5. The molecule has 0 unspecified atom stereocenters. The van der Waals surface area contributed by atoms with Gasteiger partial charge in [0, 0.05) is 44.0 Å². The number of oxime groups is 1. The maximum Gasteiger partial charge on any atom is 0.101 e. The lowest BCUT2D eigenvalue weighted by Crippen LogP contribution is -2.48. The molecule has 1 heterocycles. The predicted octanol–water partition coefficient (Wildman–Crippen LogP) is 3.00. The van der Waals surface area contributed by atoms with E-state index in [0.29, 0.717) is 6.54 Å². The van der Waals surface area contributed by atoms with Crippen molar-refractivity contribution in [2.45, 2.75) is 6.92 Å². The zero-order chi connectivity index (χ0) is 16.1. The molecule has 23 heavy (non-hydrogen) atoms. The Bertz CT molecular complexity index is 644. The van der Waals surface area contributed by atoms with E-state index in [9.17, 15) is 5.21 Å². The van der Waals surface area contributed by atoms with E-state index in [-0.39, 0.29) is 0 Å². The van der Waals surface area contributed by atoms with Crippen molar-refractivity contribution >= 4 is 11.4 Å². The first kappa shape index (κ1) is 15.6. The highest BCUT2D eigenvalue weighted by atomic mass is 16.4. The minimum absolute atomic E-state index is 0.683. The maximum absolute atomic E-state index is 9.36. The summed E-state index contributed by atoms with van der Waals surface area (Å²) in [5, 5.41) is 12.9. The molecule has 0 spiro atoms. The summed E-state index contributed by atoms with van der Waals surface area (Å²) in [4.78, 5) is 4.74. The van der Waals surface area contributed by atoms with Crippen LogP contribution in [-0.2, 0) is 0 Å². The number of hydrogen-bond donors (Lipinski definition) is 1. The van der Waals surface area contributed by atoms with Crippen molar-refractivity contribution in [2.24, 2.45) is 5.16 Å². The molecule has 2 aromatic carbocycles. The highest BCUT2D eigenvalue weighted by Crippen LogP contribution is 2.16. The molecule has 0 aromatic heterocycles. The van der Waals surface area contributed by atoms with E-state index in [1.165, 1.54) is 11.3 Å². The Balaban J connectivity index is 1.58.